The molecular formula is C18H24N2O3. The molecule has 1 fully saturated rings. The number of aryl methyl sites for hydroxylation is 1. The van der Waals surface area contributed by atoms with Crippen molar-refractivity contribution in [2.45, 2.75) is 45.8 Å². The van der Waals surface area contributed by atoms with Gasteiger partial charge in [-0.1, -0.05) is 19.9 Å². The van der Waals surface area contributed by atoms with E-state index in [-0.39, 0.29) is 23.1 Å². The summed E-state index contributed by atoms with van der Waals surface area (Å²) in [5.41, 5.74) is 3.05. The number of aliphatic hydroxyl groups excluding tert-OH is 1. The molecule has 0 radical (unpaired) electrons. The summed E-state index contributed by atoms with van der Waals surface area (Å²) in [4.78, 5) is 23.8. The number of benzene rings is 1. The molecule has 1 heterocycles. The third-order valence-electron chi connectivity index (χ3n) is 5.07. The van der Waals surface area contributed by atoms with E-state index in [1.165, 1.54) is 11.1 Å². The lowest BCUT2D eigenvalue weighted by atomic mass is 9.71. The van der Waals surface area contributed by atoms with E-state index in [0.717, 1.165) is 25.8 Å². The molecule has 0 aromatic heterocycles. The summed E-state index contributed by atoms with van der Waals surface area (Å²) in [6.07, 6.45) is 2.51. The van der Waals surface area contributed by atoms with Gasteiger partial charge in [0.2, 0.25) is 5.91 Å². The molecule has 3 rings (SSSR count). The lowest BCUT2D eigenvalue weighted by molar-refractivity contribution is -0.119. The summed E-state index contributed by atoms with van der Waals surface area (Å²) in [6.45, 7) is 4.47. The summed E-state index contributed by atoms with van der Waals surface area (Å²) in [5.74, 6) is -0.122. The number of fused-ring (bicyclic) bond motifs is 1. The van der Waals surface area contributed by atoms with E-state index >= 15 is 0 Å². The van der Waals surface area contributed by atoms with Gasteiger partial charge in [-0.3, -0.25) is 9.59 Å². The zero-order valence-corrected chi connectivity index (χ0v) is 13.7. The van der Waals surface area contributed by atoms with Crippen molar-refractivity contribution >= 4 is 11.8 Å². The van der Waals surface area contributed by atoms with Crippen LogP contribution in [0.25, 0.3) is 0 Å². The second-order valence-electron chi connectivity index (χ2n) is 7.28. The molecule has 1 aromatic rings. The minimum Gasteiger partial charge on any atom is -0.373 e. The van der Waals surface area contributed by atoms with Crippen molar-refractivity contribution in [1.82, 2.24) is 10.6 Å². The van der Waals surface area contributed by atoms with Crippen molar-refractivity contribution in [2.24, 2.45) is 11.3 Å². The fraction of sp³-hybridized carbons (Fsp3) is 0.556. The first-order valence-electron chi connectivity index (χ1n) is 8.26. The van der Waals surface area contributed by atoms with E-state index in [4.69, 9.17) is 0 Å². The monoisotopic (exact) mass is 316 g/mol. The first-order valence-corrected chi connectivity index (χ1v) is 8.26. The van der Waals surface area contributed by atoms with Gasteiger partial charge in [-0.2, -0.15) is 0 Å². The van der Waals surface area contributed by atoms with Crippen LogP contribution in [-0.4, -0.2) is 29.7 Å². The maximum atomic E-state index is 12.2. The zero-order valence-electron chi connectivity index (χ0n) is 13.7. The number of carbonyl (C=O) groups is 2. The SMILES string of the molecule is CC(C)[C@H](O)NC(=O)c1ccc2c(c1)CCC1(CNC(=O)C1)C2. The number of amides is 2. The molecule has 2 aliphatic rings. The van der Waals surface area contributed by atoms with Gasteiger partial charge in [0, 0.05) is 23.9 Å². The normalized spacial score (nSPS) is 24.4. The predicted octanol–water partition coefficient (Wildman–Crippen LogP) is 1.39. The fourth-order valence-electron chi connectivity index (χ4n) is 3.50. The lowest BCUT2D eigenvalue weighted by Gasteiger charge is -2.33. The fourth-order valence-corrected chi connectivity index (χ4v) is 3.50. The van der Waals surface area contributed by atoms with E-state index in [2.05, 4.69) is 10.6 Å². The zero-order chi connectivity index (χ0) is 16.6. The van der Waals surface area contributed by atoms with E-state index in [9.17, 15) is 14.7 Å². The van der Waals surface area contributed by atoms with Crippen LogP contribution < -0.4 is 10.6 Å². The summed E-state index contributed by atoms with van der Waals surface area (Å²) >= 11 is 0. The Bertz CT molecular complexity index is 641. The standard InChI is InChI=1S/C18H24N2O3/c1-11(2)16(22)20-17(23)13-3-4-14-8-18(6-5-12(14)7-13)9-15(21)19-10-18/h3-4,7,11,16,22H,5-6,8-10H2,1-2H3,(H,19,21)(H,20,23)/t16-,18?/m0/s1. The number of nitrogens with one attached hydrogen (secondary N) is 2. The van der Waals surface area contributed by atoms with Crippen molar-refractivity contribution in [1.29, 1.82) is 0 Å². The average molecular weight is 316 g/mol. The van der Waals surface area contributed by atoms with E-state index < -0.39 is 6.23 Å². The first-order chi connectivity index (χ1) is 10.9. The number of hydrogen-bond donors (Lipinski definition) is 3. The second kappa shape index (κ2) is 5.96. The Labute approximate surface area is 136 Å². The van der Waals surface area contributed by atoms with Crippen LogP contribution in [0.1, 0.15) is 48.2 Å². The van der Waals surface area contributed by atoms with Crippen LogP contribution in [-0.2, 0) is 17.6 Å². The highest BCUT2D eigenvalue weighted by Crippen LogP contribution is 2.40. The molecule has 5 heteroatoms. The summed E-state index contributed by atoms with van der Waals surface area (Å²) in [5, 5.41) is 15.4. The minimum atomic E-state index is -0.836. The molecule has 0 bridgehead atoms. The highest BCUT2D eigenvalue weighted by atomic mass is 16.3. The number of aliphatic hydroxyl groups is 1. The van der Waals surface area contributed by atoms with Crippen LogP contribution in [0.3, 0.4) is 0 Å². The highest BCUT2D eigenvalue weighted by Gasteiger charge is 2.40. The molecule has 1 aromatic carbocycles. The van der Waals surface area contributed by atoms with Gasteiger partial charge in [0.15, 0.2) is 0 Å². The predicted molar refractivity (Wildman–Crippen MR) is 86.8 cm³/mol. The molecule has 5 nitrogen and oxygen atoms in total. The van der Waals surface area contributed by atoms with Gasteiger partial charge in [-0.15, -0.1) is 0 Å². The third kappa shape index (κ3) is 3.24. The minimum absolute atomic E-state index is 0.0242. The smallest absolute Gasteiger partial charge is 0.253 e. The molecule has 1 unspecified atom stereocenters. The molecule has 1 saturated heterocycles. The van der Waals surface area contributed by atoms with Gasteiger partial charge in [0.25, 0.3) is 5.91 Å². The summed E-state index contributed by atoms with van der Waals surface area (Å²) in [7, 11) is 0. The van der Waals surface area contributed by atoms with Crippen LogP contribution in [0.4, 0.5) is 0 Å². The van der Waals surface area contributed by atoms with E-state index in [0.29, 0.717) is 12.0 Å². The molecule has 1 spiro atoms. The molecule has 1 aliphatic carbocycles. The molecule has 0 saturated carbocycles. The Morgan fingerprint density at radius 3 is 2.74 bits per heavy atom. The Balaban J connectivity index is 1.74. The molecular weight excluding hydrogens is 292 g/mol. The van der Waals surface area contributed by atoms with Gasteiger partial charge in [-0.25, -0.2) is 0 Å². The number of carbonyl (C=O) groups excluding carboxylic acids is 2. The van der Waals surface area contributed by atoms with Crippen LogP contribution in [0, 0.1) is 11.3 Å². The lowest BCUT2D eigenvalue weighted by Crippen LogP contribution is -2.38. The van der Waals surface area contributed by atoms with Crippen LogP contribution in [0.5, 0.6) is 0 Å². The Kier molecular flexibility index (Phi) is 4.15. The van der Waals surface area contributed by atoms with Gasteiger partial charge in [0.1, 0.15) is 6.23 Å². The molecule has 3 N–H and O–H groups in total. The van der Waals surface area contributed by atoms with E-state index in [1.54, 1.807) is 0 Å². The molecule has 23 heavy (non-hydrogen) atoms. The van der Waals surface area contributed by atoms with Crippen molar-refractivity contribution in [3.63, 3.8) is 0 Å². The quantitative estimate of drug-likeness (QED) is 0.737. The molecule has 2 amide bonds. The van der Waals surface area contributed by atoms with Crippen molar-refractivity contribution in [2.75, 3.05) is 6.54 Å². The first kappa shape index (κ1) is 16.0. The molecule has 124 valence electrons. The van der Waals surface area contributed by atoms with Crippen LogP contribution in [0.2, 0.25) is 0 Å². The maximum absolute atomic E-state index is 12.2. The van der Waals surface area contributed by atoms with Crippen molar-refractivity contribution in [3.8, 4) is 0 Å². The van der Waals surface area contributed by atoms with E-state index in [1.807, 2.05) is 32.0 Å². The number of rotatable bonds is 3. The maximum Gasteiger partial charge on any atom is 0.253 e. The Hall–Kier alpha value is -1.88. The summed E-state index contributed by atoms with van der Waals surface area (Å²) < 4.78 is 0. The van der Waals surface area contributed by atoms with Crippen LogP contribution in [0.15, 0.2) is 18.2 Å². The van der Waals surface area contributed by atoms with Gasteiger partial charge in [0.05, 0.1) is 0 Å². The van der Waals surface area contributed by atoms with Crippen LogP contribution >= 0.6 is 0 Å². The topological polar surface area (TPSA) is 78.4 Å². The van der Waals surface area contributed by atoms with Gasteiger partial charge < -0.3 is 15.7 Å². The number of hydrogen-bond acceptors (Lipinski definition) is 3. The largest absolute Gasteiger partial charge is 0.373 e. The molecule has 2 atom stereocenters. The van der Waals surface area contributed by atoms with Gasteiger partial charge in [-0.05, 0) is 48.4 Å². The molecule has 1 aliphatic heterocycles. The highest BCUT2D eigenvalue weighted by molar-refractivity contribution is 5.94. The van der Waals surface area contributed by atoms with Crippen molar-refractivity contribution < 1.29 is 14.7 Å². The Morgan fingerprint density at radius 1 is 1.30 bits per heavy atom. The second-order valence-corrected chi connectivity index (χ2v) is 7.28. The Morgan fingerprint density at radius 2 is 2.09 bits per heavy atom. The van der Waals surface area contributed by atoms with Crippen molar-refractivity contribution in [3.05, 3.63) is 34.9 Å². The van der Waals surface area contributed by atoms with Gasteiger partial charge >= 0.3 is 0 Å². The summed E-state index contributed by atoms with van der Waals surface area (Å²) in [6, 6.07) is 5.73. The average Bonchev–Trinajstić information content (AvgIpc) is 2.87. The third-order valence-corrected chi connectivity index (χ3v) is 5.07.